The summed E-state index contributed by atoms with van der Waals surface area (Å²) in [7, 11) is 0. The van der Waals surface area contributed by atoms with E-state index in [2.05, 4.69) is 53.8 Å². The van der Waals surface area contributed by atoms with Crippen molar-refractivity contribution in [3.05, 3.63) is 114 Å². The van der Waals surface area contributed by atoms with Crippen LogP contribution in [0.5, 0.6) is 11.5 Å². The van der Waals surface area contributed by atoms with Crippen molar-refractivity contribution in [3.63, 3.8) is 0 Å². The van der Waals surface area contributed by atoms with Crippen molar-refractivity contribution in [2.75, 3.05) is 5.32 Å². The van der Waals surface area contributed by atoms with Gasteiger partial charge in [0, 0.05) is 27.8 Å². The molecule has 1 amide bonds. The number of ether oxygens (including phenoxy) is 1. The summed E-state index contributed by atoms with van der Waals surface area (Å²) in [5, 5.41) is 7.38. The van der Waals surface area contributed by atoms with Crippen LogP contribution in [0.3, 0.4) is 0 Å². The van der Waals surface area contributed by atoms with Crippen LogP contribution in [0.4, 0.5) is 5.69 Å². The van der Waals surface area contributed by atoms with Crippen LogP contribution in [0.1, 0.15) is 16.7 Å². The minimum Gasteiger partial charge on any atom is -0.456 e. The van der Waals surface area contributed by atoms with Crippen molar-refractivity contribution < 1.29 is 9.53 Å². The van der Waals surface area contributed by atoms with Crippen molar-refractivity contribution >= 4 is 33.1 Å². The molecule has 2 aliphatic heterocycles. The number of rotatable bonds is 0. The van der Waals surface area contributed by atoms with E-state index in [0.717, 1.165) is 55.4 Å². The summed E-state index contributed by atoms with van der Waals surface area (Å²) in [5.41, 5.74) is 2.66. The lowest BCUT2D eigenvalue weighted by molar-refractivity contribution is -0.118. The molecule has 0 aliphatic carbocycles. The summed E-state index contributed by atoms with van der Waals surface area (Å²) in [5.74, 6) is 1.45. The molecule has 2 heterocycles. The Morgan fingerprint density at radius 1 is 0.645 bits per heavy atom. The molecule has 0 unspecified atom stereocenters. The van der Waals surface area contributed by atoms with Gasteiger partial charge in [-0.2, -0.15) is 0 Å². The molecule has 0 saturated heterocycles. The molecule has 5 aromatic rings. The van der Waals surface area contributed by atoms with Crippen molar-refractivity contribution in [1.29, 1.82) is 0 Å². The quantitative estimate of drug-likeness (QED) is 0.328. The zero-order chi connectivity index (χ0) is 20.6. The Hall–Kier alpha value is -4.11. The largest absolute Gasteiger partial charge is 0.456 e. The smallest absolute Gasteiger partial charge is 0.244 e. The van der Waals surface area contributed by atoms with E-state index in [-0.39, 0.29) is 5.91 Å². The van der Waals surface area contributed by atoms with Gasteiger partial charge in [-0.15, -0.1) is 0 Å². The fourth-order valence-electron chi connectivity index (χ4n) is 5.39. The third-order valence-electron chi connectivity index (χ3n) is 6.68. The molecule has 3 nitrogen and oxygen atoms in total. The second-order valence-corrected chi connectivity index (χ2v) is 8.17. The highest BCUT2D eigenvalue weighted by Gasteiger charge is 2.55. The predicted octanol–water partition coefficient (Wildman–Crippen LogP) is 6.39. The standard InChI is InChI=1S/C28H17NO2/c30-27-28(21-11-5-6-12-23(21)29-27)22-15-13-18-8-2-4-10-20(18)26(22)31-24-16-14-17-7-1-3-9-19(17)25(24)28/h1-16H,(H,29,30)/t28-/m1/s1. The molecule has 1 atom stereocenters. The third kappa shape index (κ3) is 1.96. The fraction of sp³-hybridized carbons (Fsp3) is 0.0357. The van der Waals surface area contributed by atoms with E-state index >= 15 is 0 Å². The lowest BCUT2D eigenvalue weighted by Crippen LogP contribution is -2.39. The summed E-state index contributed by atoms with van der Waals surface area (Å²) < 4.78 is 6.57. The average molecular weight is 399 g/mol. The van der Waals surface area contributed by atoms with Gasteiger partial charge in [0.05, 0.1) is 0 Å². The van der Waals surface area contributed by atoms with Gasteiger partial charge in [0.25, 0.3) is 0 Å². The highest BCUT2D eigenvalue weighted by molar-refractivity contribution is 6.16. The van der Waals surface area contributed by atoms with E-state index in [1.54, 1.807) is 0 Å². The van der Waals surface area contributed by atoms with Crippen LogP contribution < -0.4 is 10.1 Å². The Morgan fingerprint density at radius 2 is 1.32 bits per heavy atom. The highest BCUT2D eigenvalue weighted by atomic mass is 16.5. The number of amides is 1. The lowest BCUT2D eigenvalue weighted by atomic mass is 9.67. The van der Waals surface area contributed by atoms with Gasteiger partial charge in [0.1, 0.15) is 16.9 Å². The van der Waals surface area contributed by atoms with Crippen LogP contribution in [0, 0.1) is 0 Å². The van der Waals surface area contributed by atoms with E-state index in [1.807, 2.05) is 48.5 Å². The molecule has 146 valence electrons. The van der Waals surface area contributed by atoms with Crippen molar-refractivity contribution in [3.8, 4) is 11.5 Å². The number of fused-ring (bicyclic) bond motifs is 10. The van der Waals surface area contributed by atoms with Gasteiger partial charge in [-0.25, -0.2) is 0 Å². The number of para-hydroxylation sites is 1. The molecule has 1 spiro atoms. The zero-order valence-electron chi connectivity index (χ0n) is 16.6. The van der Waals surface area contributed by atoms with Gasteiger partial charge in [0.15, 0.2) is 0 Å². The maximum absolute atomic E-state index is 13.9. The summed E-state index contributed by atoms with van der Waals surface area (Å²) >= 11 is 0. The van der Waals surface area contributed by atoms with Crippen LogP contribution in [0.15, 0.2) is 97.1 Å². The molecule has 0 aromatic heterocycles. The molecule has 0 fully saturated rings. The molecular weight excluding hydrogens is 382 g/mol. The number of benzene rings is 5. The molecule has 31 heavy (non-hydrogen) atoms. The van der Waals surface area contributed by atoms with Crippen LogP contribution in [0.25, 0.3) is 21.5 Å². The first-order valence-electron chi connectivity index (χ1n) is 10.4. The minimum atomic E-state index is -0.968. The van der Waals surface area contributed by atoms with Crippen molar-refractivity contribution in [2.24, 2.45) is 0 Å². The Labute approximate surface area is 178 Å². The Balaban J connectivity index is 1.72. The summed E-state index contributed by atoms with van der Waals surface area (Å²) in [6.07, 6.45) is 0. The molecule has 7 rings (SSSR count). The number of carbonyl (C=O) groups is 1. The van der Waals surface area contributed by atoms with E-state index in [0.29, 0.717) is 0 Å². The Bertz CT molecular complexity index is 1570. The topological polar surface area (TPSA) is 38.3 Å². The first-order valence-corrected chi connectivity index (χ1v) is 10.4. The van der Waals surface area contributed by atoms with E-state index in [1.165, 1.54) is 0 Å². The van der Waals surface area contributed by atoms with E-state index in [4.69, 9.17) is 4.74 Å². The minimum absolute atomic E-state index is 0.0360. The molecule has 0 saturated carbocycles. The SMILES string of the molecule is O=C1Nc2ccccc2[C@]12c1ccc3ccccc3c1Oc1ccc3ccccc3c12. The lowest BCUT2D eigenvalue weighted by Gasteiger charge is -2.37. The first-order chi connectivity index (χ1) is 15.3. The first kappa shape index (κ1) is 16.7. The van der Waals surface area contributed by atoms with Crippen molar-refractivity contribution in [1.82, 2.24) is 0 Å². The molecular formula is C28H17NO2. The van der Waals surface area contributed by atoms with Gasteiger partial charge in [0.2, 0.25) is 5.91 Å². The summed E-state index contributed by atoms with van der Waals surface area (Å²) in [6.45, 7) is 0. The van der Waals surface area contributed by atoms with Crippen LogP contribution >= 0.6 is 0 Å². The number of hydrogen-bond acceptors (Lipinski definition) is 2. The average Bonchev–Trinajstić information content (AvgIpc) is 3.11. The van der Waals surface area contributed by atoms with Gasteiger partial charge in [-0.3, -0.25) is 4.79 Å². The number of carbonyl (C=O) groups excluding carboxylic acids is 1. The van der Waals surface area contributed by atoms with Gasteiger partial charge < -0.3 is 10.1 Å². The molecule has 1 N–H and O–H groups in total. The number of nitrogens with one attached hydrogen (secondary N) is 1. The highest BCUT2D eigenvalue weighted by Crippen LogP contribution is 2.59. The molecule has 2 aliphatic rings. The second kappa shape index (κ2) is 5.73. The van der Waals surface area contributed by atoms with Crippen LogP contribution in [0.2, 0.25) is 0 Å². The zero-order valence-corrected chi connectivity index (χ0v) is 16.6. The molecule has 5 aromatic carbocycles. The van der Waals surface area contributed by atoms with Gasteiger partial charge in [-0.1, -0.05) is 84.9 Å². The molecule has 3 heteroatoms. The maximum atomic E-state index is 13.9. The Kier molecular flexibility index (Phi) is 3.08. The maximum Gasteiger partial charge on any atom is 0.244 e. The van der Waals surface area contributed by atoms with Gasteiger partial charge >= 0.3 is 0 Å². The summed E-state index contributed by atoms with van der Waals surface area (Å²) in [4.78, 5) is 13.9. The van der Waals surface area contributed by atoms with E-state index < -0.39 is 5.41 Å². The monoisotopic (exact) mass is 399 g/mol. The number of hydrogen-bond donors (Lipinski definition) is 1. The normalized spacial score (nSPS) is 18.4. The van der Waals surface area contributed by atoms with Crippen LogP contribution in [-0.2, 0) is 10.2 Å². The van der Waals surface area contributed by atoms with E-state index in [9.17, 15) is 4.79 Å². The third-order valence-corrected chi connectivity index (χ3v) is 6.68. The molecule has 0 bridgehead atoms. The Morgan fingerprint density at radius 3 is 2.19 bits per heavy atom. The van der Waals surface area contributed by atoms with Gasteiger partial charge in [-0.05, 0) is 28.3 Å². The van der Waals surface area contributed by atoms with Crippen molar-refractivity contribution in [2.45, 2.75) is 5.41 Å². The summed E-state index contributed by atoms with van der Waals surface area (Å²) in [6, 6.07) is 32.6. The fourth-order valence-corrected chi connectivity index (χ4v) is 5.39. The molecule has 0 radical (unpaired) electrons. The van der Waals surface area contributed by atoms with Crippen LogP contribution in [-0.4, -0.2) is 5.91 Å². The second-order valence-electron chi connectivity index (χ2n) is 8.17. The predicted molar refractivity (Wildman–Crippen MR) is 123 cm³/mol. The number of anilines is 1.